The van der Waals surface area contributed by atoms with E-state index in [0.717, 1.165) is 30.5 Å². The van der Waals surface area contributed by atoms with Crippen LogP contribution in [0.2, 0.25) is 0 Å². The second-order valence-electron chi connectivity index (χ2n) is 6.34. The van der Waals surface area contributed by atoms with Crippen molar-refractivity contribution in [2.75, 3.05) is 12.3 Å². The molecule has 0 aliphatic heterocycles. The summed E-state index contributed by atoms with van der Waals surface area (Å²) in [5.41, 5.74) is 9.03. The van der Waals surface area contributed by atoms with E-state index in [1.165, 1.54) is 34.8 Å². The van der Waals surface area contributed by atoms with E-state index in [0.29, 0.717) is 19.4 Å². The van der Waals surface area contributed by atoms with Crippen molar-refractivity contribution in [2.45, 2.75) is 51.4 Å². The van der Waals surface area contributed by atoms with E-state index >= 15 is 0 Å². The van der Waals surface area contributed by atoms with E-state index < -0.39 is 0 Å². The predicted octanol–water partition coefficient (Wildman–Crippen LogP) is 3.71. The van der Waals surface area contributed by atoms with Crippen molar-refractivity contribution < 1.29 is 4.79 Å². The lowest BCUT2D eigenvalue weighted by Gasteiger charge is -2.06. The van der Waals surface area contributed by atoms with Gasteiger partial charge in [-0.05, 0) is 50.2 Å². The van der Waals surface area contributed by atoms with Crippen LogP contribution < -0.4 is 11.1 Å². The molecule has 3 N–H and O–H groups in total. The summed E-state index contributed by atoms with van der Waals surface area (Å²) >= 11 is 1.87. The molecule has 3 rings (SSSR count). The SMILES string of the molecule is Cl.Nc1ccccc1CCC(=O)NCCCc1nc2c(s1)CCCC2. The maximum absolute atomic E-state index is 11.9. The number of carbonyl (C=O) groups is 1. The number of nitrogens with zero attached hydrogens (tertiary/aromatic N) is 1. The van der Waals surface area contributed by atoms with Gasteiger partial charge in [0, 0.05) is 30.0 Å². The first-order valence-electron chi connectivity index (χ1n) is 8.80. The molecule has 0 bridgehead atoms. The number of nitrogens with one attached hydrogen (secondary N) is 1. The number of fused-ring (bicyclic) bond motifs is 1. The smallest absolute Gasteiger partial charge is 0.220 e. The van der Waals surface area contributed by atoms with Gasteiger partial charge in [-0.15, -0.1) is 23.7 Å². The lowest BCUT2D eigenvalue weighted by Crippen LogP contribution is -2.25. The summed E-state index contributed by atoms with van der Waals surface area (Å²) in [6.45, 7) is 0.716. The number of nitrogen functional groups attached to an aromatic ring is 1. The van der Waals surface area contributed by atoms with E-state index in [2.05, 4.69) is 5.32 Å². The molecule has 1 aliphatic carbocycles. The van der Waals surface area contributed by atoms with Gasteiger partial charge in [0.25, 0.3) is 0 Å². The first-order chi connectivity index (χ1) is 11.7. The molecule has 6 heteroatoms. The number of amides is 1. The van der Waals surface area contributed by atoms with Gasteiger partial charge in [-0.1, -0.05) is 18.2 Å². The fraction of sp³-hybridized carbons (Fsp3) is 0.474. The molecule has 1 amide bonds. The predicted molar refractivity (Wildman–Crippen MR) is 107 cm³/mol. The van der Waals surface area contributed by atoms with Crippen LogP contribution in [-0.4, -0.2) is 17.4 Å². The van der Waals surface area contributed by atoms with Gasteiger partial charge in [-0.25, -0.2) is 4.98 Å². The summed E-state index contributed by atoms with van der Waals surface area (Å²) in [4.78, 5) is 18.2. The average Bonchev–Trinajstić information content (AvgIpc) is 3.01. The summed E-state index contributed by atoms with van der Waals surface area (Å²) in [5.74, 6) is 0.0942. The molecule has 1 heterocycles. The number of hydrogen-bond acceptors (Lipinski definition) is 4. The second kappa shape index (κ2) is 9.78. The summed E-state index contributed by atoms with van der Waals surface area (Å²) < 4.78 is 0. The fourth-order valence-electron chi connectivity index (χ4n) is 3.08. The summed E-state index contributed by atoms with van der Waals surface area (Å²) in [7, 11) is 0. The average molecular weight is 380 g/mol. The first kappa shape index (κ1) is 19.7. The molecular weight excluding hydrogens is 354 g/mol. The van der Waals surface area contributed by atoms with Crippen LogP contribution in [0.1, 0.15) is 46.8 Å². The Morgan fingerprint density at radius 1 is 1.20 bits per heavy atom. The van der Waals surface area contributed by atoms with Gasteiger partial charge in [0.1, 0.15) is 0 Å². The van der Waals surface area contributed by atoms with Crippen molar-refractivity contribution in [1.29, 1.82) is 0 Å². The van der Waals surface area contributed by atoms with Crippen LogP contribution in [0, 0.1) is 0 Å². The van der Waals surface area contributed by atoms with Gasteiger partial charge < -0.3 is 11.1 Å². The monoisotopic (exact) mass is 379 g/mol. The highest BCUT2D eigenvalue weighted by Crippen LogP contribution is 2.27. The number of anilines is 1. The lowest BCUT2D eigenvalue weighted by atomic mass is 10.0. The maximum Gasteiger partial charge on any atom is 0.220 e. The lowest BCUT2D eigenvalue weighted by molar-refractivity contribution is -0.121. The number of carbonyl (C=O) groups excluding carboxylic acids is 1. The van der Waals surface area contributed by atoms with E-state index in [9.17, 15) is 4.79 Å². The Kier molecular flexibility index (Phi) is 7.72. The highest BCUT2D eigenvalue weighted by Gasteiger charge is 2.14. The minimum Gasteiger partial charge on any atom is -0.399 e. The van der Waals surface area contributed by atoms with E-state index in [-0.39, 0.29) is 18.3 Å². The first-order valence-corrected chi connectivity index (χ1v) is 9.61. The second-order valence-corrected chi connectivity index (χ2v) is 7.51. The maximum atomic E-state index is 11.9. The Balaban J connectivity index is 0.00000225. The summed E-state index contributed by atoms with van der Waals surface area (Å²) in [6, 6.07) is 7.72. The number of aryl methyl sites for hydroxylation is 4. The Labute approximate surface area is 159 Å². The van der Waals surface area contributed by atoms with Gasteiger partial charge in [0.15, 0.2) is 0 Å². The minimum atomic E-state index is 0. The third-order valence-corrected chi connectivity index (χ3v) is 5.67. The van der Waals surface area contributed by atoms with Crippen LogP contribution >= 0.6 is 23.7 Å². The number of hydrogen-bond donors (Lipinski definition) is 2. The van der Waals surface area contributed by atoms with Crippen molar-refractivity contribution >= 4 is 35.3 Å². The number of rotatable bonds is 7. The Hall–Kier alpha value is -1.59. The van der Waals surface area contributed by atoms with Gasteiger partial charge in [-0.3, -0.25) is 4.79 Å². The molecule has 0 atom stereocenters. The van der Waals surface area contributed by atoms with E-state index in [4.69, 9.17) is 10.7 Å². The van der Waals surface area contributed by atoms with Crippen LogP contribution in [0.5, 0.6) is 0 Å². The van der Waals surface area contributed by atoms with Gasteiger partial charge >= 0.3 is 0 Å². The molecule has 1 aliphatic rings. The van der Waals surface area contributed by atoms with Crippen LogP contribution in [0.4, 0.5) is 5.69 Å². The van der Waals surface area contributed by atoms with Gasteiger partial charge in [0.05, 0.1) is 10.7 Å². The molecule has 0 radical (unpaired) electrons. The molecule has 2 aromatic rings. The molecule has 0 saturated heterocycles. The van der Waals surface area contributed by atoms with Crippen molar-refractivity contribution in [3.05, 3.63) is 45.4 Å². The molecule has 25 heavy (non-hydrogen) atoms. The third-order valence-electron chi connectivity index (χ3n) is 4.46. The number of aromatic nitrogens is 1. The normalized spacial score (nSPS) is 13.0. The molecule has 4 nitrogen and oxygen atoms in total. The molecule has 0 fully saturated rings. The quantitative estimate of drug-likeness (QED) is 0.569. The van der Waals surface area contributed by atoms with Crippen LogP contribution in [0.25, 0.3) is 0 Å². The zero-order valence-electron chi connectivity index (χ0n) is 14.4. The summed E-state index contributed by atoms with van der Waals surface area (Å²) in [6.07, 6.45) is 8.01. The van der Waals surface area contributed by atoms with E-state index in [1.54, 1.807) is 0 Å². The molecule has 1 aromatic carbocycles. The summed E-state index contributed by atoms with van der Waals surface area (Å²) in [5, 5.41) is 4.23. The van der Waals surface area contributed by atoms with Crippen LogP contribution in [-0.2, 0) is 30.5 Å². The van der Waals surface area contributed by atoms with Crippen LogP contribution in [0.15, 0.2) is 24.3 Å². The number of para-hydroxylation sites is 1. The van der Waals surface area contributed by atoms with Crippen molar-refractivity contribution in [2.24, 2.45) is 0 Å². The van der Waals surface area contributed by atoms with Crippen LogP contribution in [0.3, 0.4) is 0 Å². The Bertz CT molecular complexity index is 678. The molecule has 0 saturated carbocycles. The number of thiazole rings is 1. The topological polar surface area (TPSA) is 68.0 Å². The Morgan fingerprint density at radius 3 is 2.80 bits per heavy atom. The number of nitrogens with two attached hydrogens (primary N) is 1. The van der Waals surface area contributed by atoms with E-state index in [1.807, 2.05) is 35.6 Å². The van der Waals surface area contributed by atoms with Gasteiger partial charge in [0.2, 0.25) is 5.91 Å². The molecule has 1 aromatic heterocycles. The minimum absolute atomic E-state index is 0. The Morgan fingerprint density at radius 2 is 2.00 bits per heavy atom. The van der Waals surface area contributed by atoms with Crippen molar-refractivity contribution in [3.63, 3.8) is 0 Å². The zero-order valence-corrected chi connectivity index (χ0v) is 16.1. The largest absolute Gasteiger partial charge is 0.399 e. The standard InChI is InChI=1S/C19H25N3OS.ClH/c20-15-7-2-1-6-14(15)11-12-18(23)21-13-5-10-19-22-16-8-3-4-9-17(16)24-19;/h1-2,6-7H,3-5,8-13,20H2,(H,21,23);1H. The molecule has 0 spiro atoms. The highest BCUT2D eigenvalue weighted by molar-refractivity contribution is 7.11. The zero-order chi connectivity index (χ0) is 16.8. The van der Waals surface area contributed by atoms with Crippen molar-refractivity contribution in [3.8, 4) is 0 Å². The molecule has 0 unspecified atom stereocenters. The number of halogens is 1. The molecular formula is C19H26ClN3OS. The molecule has 136 valence electrons. The number of benzene rings is 1. The fourth-order valence-corrected chi connectivity index (χ4v) is 4.28. The van der Waals surface area contributed by atoms with Gasteiger partial charge in [-0.2, -0.15) is 0 Å². The third kappa shape index (κ3) is 5.72. The highest BCUT2D eigenvalue weighted by atomic mass is 35.5. The van der Waals surface area contributed by atoms with Crippen molar-refractivity contribution in [1.82, 2.24) is 10.3 Å².